The molecular weight excluding hydrogens is 166 g/mol. The first kappa shape index (κ1) is 8.56. The summed E-state index contributed by atoms with van der Waals surface area (Å²) in [5, 5.41) is 0. The first-order chi connectivity index (χ1) is 6.24. The summed E-state index contributed by atoms with van der Waals surface area (Å²) in [6, 6.07) is 0.595. The Balaban J connectivity index is 2.32. The van der Waals surface area contributed by atoms with Crippen LogP contribution < -0.4 is 5.73 Å². The molecule has 0 amide bonds. The highest BCUT2D eigenvalue weighted by Crippen LogP contribution is 2.38. The molecule has 0 atom stereocenters. The third-order valence-electron chi connectivity index (χ3n) is 2.39. The number of aryl methyl sites for hydroxylation is 1. The average Bonchev–Trinajstić information content (AvgIpc) is 2.84. The average molecular weight is 181 g/mol. The van der Waals surface area contributed by atoms with E-state index in [0.29, 0.717) is 12.6 Å². The third-order valence-corrected chi connectivity index (χ3v) is 2.39. The van der Waals surface area contributed by atoms with Crippen molar-refractivity contribution >= 4 is 5.82 Å². The molecule has 1 aliphatic rings. The summed E-state index contributed by atoms with van der Waals surface area (Å²) in [7, 11) is 1.66. The van der Waals surface area contributed by atoms with Crippen molar-refractivity contribution in [3.63, 3.8) is 0 Å². The van der Waals surface area contributed by atoms with Gasteiger partial charge in [-0.2, -0.15) is 0 Å². The standard InChI is InChI=1S/C9H15N3O/c1-6-11-8(5-13-2)9(10)12(6)7-3-4-7/h7H,3-5,10H2,1-2H3. The van der Waals surface area contributed by atoms with Crippen LogP contribution >= 0.6 is 0 Å². The Morgan fingerprint density at radius 1 is 1.62 bits per heavy atom. The monoisotopic (exact) mass is 181 g/mol. The molecule has 13 heavy (non-hydrogen) atoms. The van der Waals surface area contributed by atoms with Gasteiger partial charge in [-0.25, -0.2) is 4.98 Å². The fraction of sp³-hybridized carbons (Fsp3) is 0.667. The van der Waals surface area contributed by atoms with Gasteiger partial charge >= 0.3 is 0 Å². The number of aromatic nitrogens is 2. The van der Waals surface area contributed by atoms with Crippen LogP contribution in [-0.2, 0) is 11.3 Å². The van der Waals surface area contributed by atoms with Crippen LogP contribution in [0.25, 0.3) is 0 Å². The first-order valence-electron chi connectivity index (χ1n) is 4.56. The zero-order valence-corrected chi connectivity index (χ0v) is 8.08. The Morgan fingerprint density at radius 3 is 2.85 bits per heavy atom. The van der Waals surface area contributed by atoms with E-state index in [1.54, 1.807) is 7.11 Å². The molecule has 1 saturated carbocycles. The fourth-order valence-electron chi connectivity index (χ4n) is 1.66. The molecule has 4 heteroatoms. The largest absolute Gasteiger partial charge is 0.383 e. The van der Waals surface area contributed by atoms with Crippen molar-refractivity contribution in [2.24, 2.45) is 0 Å². The van der Waals surface area contributed by atoms with Gasteiger partial charge in [0.2, 0.25) is 0 Å². The smallest absolute Gasteiger partial charge is 0.129 e. The van der Waals surface area contributed by atoms with Crippen LogP contribution in [0.15, 0.2) is 0 Å². The van der Waals surface area contributed by atoms with Crippen LogP contribution in [0.1, 0.15) is 30.4 Å². The molecule has 2 N–H and O–H groups in total. The number of nitrogens with two attached hydrogens (primary N) is 1. The number of anilines is 1. The van der Waals surface area contributed by atoms with E-state index in [-0.39, 0.29) is 0 Å². The molecule has 1 aromatic heterocycles. The molecule has 1 aliphatic carbocycles. The van der Waals surface area contributed by atoms with Crippen molar-refractivity contribution in [1.29, 1.82) is 0 Å². The van der Waals surface area contributed by atoms with Gasteiger partial charge in [0.05, 0.1) is 6.61 Å². The Morgan fingerprint density at radius 2 is 2.31 bits per heavy atom. The SMILES string of the molecule is COCc1nc(C)n(C2CC2)c1N. The maximum Gasteiger partial charge on any atom is 0.129 e. The van der Waals surface area contributed by atoms with Crippen molar-refractivity contribution in [2.75, 3.05) is 12.8 Å². The van der Waals surface area contributed by atoms with Gasteiger partial charge in [0.15, 0.2) is 0 Å². The number of hydrogen-bond donors (Lipinski definition) is 1. The predicted molar refractivity (Wildman–Crippen MR) is 50.4 cm³/mol. The van der Waals surface area contributed by atoms with E-state index in [1.807, 2.05) is 6.92 Å². The number of imidazole rings is 1. The van der Waals surface area contributed by atoms with Gasteiger partial charge < -0.3 is 15.0 Å². The predicted octanol–water partition coefficient (Wildman–Crippen LogP) is 1.26. The van der Waals surface area contributed by atoms with E-state index in [1.165, 1.54) is 12.8 Å². The van der Waals surface area contributed by atoms with E-state index in [4.69, 9.17) is 10.5 Å². The maximum absolute atomic E-state index is 5.95. The molecule has 2 rings (SSSR count). The Bertz CT molecular complexity index is 315. The highest BCUT2D eigenvalue weighted by atomic mass is 16.5. The minimum absolute atomic E-state index is 0.506. The van der Waals surface area contributed by atoms with Crippen molar-refractivity contribution in [3.8, 4) is 0 Å². The summed E-state index contributed by atoms with van der Waals surface area (Å²) in [5.41, 5.74) is 6.82. The van der Waals surface area contributed by atoms with Crippen LogP contribution in [0, 0.1) is 6.92 Å². The third kappa shape index (κ3) is 1.42. The summed E-state index contributed by atoms with van der Waals surface area (Å²) in [6.45, 7) is 2.50. The number of rotatable bonds is 3. The Hall–Kier alpha value is -1.03. The molecule has 72 valence electrons. The second-order valence-electron chi connectivity index (χ2n) is 3.53. The summed E-state index contributed by atoms with van der Waals surface area (Å²) in [4.78, 5) is 4.37. The Kier molecular flexibility index (Phi) is 2.00. The number of nitrogen functional groups attached to an aromatic ring is 1. The summed E-state index contributed by atoms with van der Waals surface area (Å²) >= 11 is 0. The first-order valence-corrected chi connectivity index (χ1v) is 4.56. The molecule has 0 saturated heterocycles. The zero-order valence-electron chi connectivity index (χ0n) is 8.08. The molecular formula is C9H15N3O. The molecule has 1 aromatic rings. The molecule has 0 radical (unpaired) electrons. The van der Waals surface area contributed by atoms with E-state index in [0.717, 1.165) is 17.3 Å². The van der Waals surface area contributed by atoms with Crippen LogP contribution in [0.3, 0.4) is 0 Å². The van der Waals surface area contributed by atoms with Crippen LogP contribution in [0.5, 0.6) is 0 Å². The van der Waals surface area contributed by atoms with Gasteiger partial charge in [0.1, 0.15) is 17.3 Å². The van der Waals surface area contributed by atoms with Gasteiger partial charge in [-0.1, -0.05) is 0 Å². The lowest BCUT2D eigenvalue weighted by molar-refractivity contribution is 0.182. The number of methoxy groups -OCH3 is 1. The fourth-order valence-corrected chi connectivity index (χ4v) is 1.66. The summed E-state index contributed by atoms with van der Waals surface area (Å²) in [5.74, 6) is 1.79. The topological polar surface area (TPSA) is 53.1 Å². The number of nitrogens with zero attached hydrogens (tertiary/aromatic N) is 2. The summed E-state index contributed by atoms with van der Waals surface area (Å²) in [6.07, 6.45) is 2.46. The van der Waals surface area contributed by atoms with Crippen LogP contribution in [-0.4, -0.2) is 16.7 Å². The van der Waals surface area contributed by atoms with E-state index in [9.17, 15) is 0 Å². The van der Waals surface area contributed by atoms with Gasteiger partial charge in [-0.05, 0) is 19.8 Å². The zero-order chi connectivity index (χ0) is 9.42. The number of hydrogen-bond acceptors (Lipinski definition) is 3. The van der Waals surface area contributed by atoms with Gasteiger partial charge in [-0.3, -0.25) is 0 Å². The van der Waals surface area contributed by atoms with E-state index >= 15 is 0 Å². The van der Waals surface area contributed by atoms with Gasteiger partial charge in [0.25, 0.3) is 0 Å². The van der Waals surface area contributed by atoms with Gasteiger partial charge in [0, 0.05) is 13.2 Å². The van der Waals surface area contributed by atoms with Crippen molar-refractivity contribution in [3.05, 3.63) is 11.5 Å². The second-order valence-corrected chi connectivity index (χ2v) is 3.53. The van der Waals surface area contributed by atoms with E-state index < -0.39 is 0 Å². The molecule has 0 aromatic carbocycles. The molecule has 0 bridgehead atoms. The lowest BCUT2D eigenvalue weighted by Gasteiger charge is -2.04. The molecule has 1 heterocycles. The van der Waals surface area contributed by atoms with Crippen LogP contribution in [0.4, 0.5) is 5.82 Å². The van der Waals surface area contributed by atoms with Crippen LogP contribution in [0.2, 0.25) is 0 Å². The lowest BCUT2D eigenvalue weighted by atomic mass is 10.4. The van der Waals surface area contributed by atoms with Crippen molar-refractivity contribution < 1.29 is 4.74 Å². The molecule has 0 spiro atoms. The minimum Gasteiger partial charge on any atom is -0.383 e. The quantitative estimate of drug-likeness (QED) is 0.763. The molecule has 0 unspecified atom stereocenters. The normalized spacial score (nSPS) is 16.5. The Labute approximate surface area is 77.7 Å². The maximum atomic E-state index is 5.95. The highest BCUT2D eigenvalue weighted by molar-refractivity contribution is 5.39. The number of ether oxygens (including phenoxy) is 1. The second kappa shape index (κ2) is 3.03. The summed E-state index contributed by atoms with van der Waals surface area (Å²) < 4.78 is 7.14. The lowest BCUT2D eigenvalue weighted by Crippen LogP contribution is -2.03. The molecule has 4 nitrogen and oxygen atoms in total. The van der Waals surface area contributed by atoms with Crippen molar-refractivity contribution in [1.82, 2.24) is 9.55 Å². The minimum atomic E-state index is 0.506. The molecule has 0 aliphatic heterocycles. The van der Waals surface area contributed by atoms with E-state index in [2.05, 4.69) is 9.55 Å². The van der Waals surface area contributed by atoms with Crippen molar-refractivity contribution in [2.45, 2.75) is 32.4 Å². The highest BCUT2D eigenvalue weighted by Gasteiger charge is 2.28. The van der Waals surface area contributed by atoms with Gasteiger partial charge in [-0.15, -0.1) is 0 Å². The molecule has 1 fully saturated rings.